The number of oxime groups is 1. The van der Waals surface area contributed by atoms with Crippen molar-refractivity contribution in [1.29, 1.82) is 0 Å². The molecule has 0 heterocycles. The average molecular weight is 287 g/mol. The summed E-state index contributed by atoms with van der Waals surface area (Å²) in [4.78, 5) is 12.5. The van der Waals surface area contributed by atoms with Crippen LogP contribution in [-0.4, -0.2) is 23.0 Å². The van der Waals surface area contributed by atoms with Gasteiger partial charge in [0.15, 0.2) is 0 Å². The molecule has 1 aromatic carbocycles. The highest BCUT2D eigenvalue weighted by molar-refractivity contribution is 5.85. The number of hydrogen-bond donors (Lipinski definition) is 3. The van der Waals surface area contributed by atoms with Crippen molar-refractivity contribution < 1.29 is 10.0 Å². The van der Waals surface area contributed by atoms with Gasteiger partial charge in [-0.05, 0) is 36.8 Å². The van der Waals surface area contributed by atoms with E-state index in [-0.39, 0.29) is 29.6 Å². The van der Waals surface area contributed by atoms with E-state index in [4.69, 9.17) is 10.9 Å². The second-order valence-corrected chi connectivity index (χ2v) is 6.05. The van der Waals surface area contributed by atoms with Gasteiger partial charge in [0.25, 0.3) is 0 Å². The summed E-state index contributed by atoms with van der Waals surface area (Å²) in [6.45, 7) is 0. The van der Waals surface area contributed by atoms with E-state index in [1.807, 2.05) is 12.1 Å². The molecule has 5 nitrogen and oxygen atoms in total. The van der Waals surface area contributed by atoms with Crippen molar-refractivity contribution in [2.45, 2.75) is 38.1 Å². The van der Waals surface area contributed by atoms with Crippen LogP contribution in [0.4, 0.5) is 0 Å². The Hall–Kier alpha value is -2.04. The number of nitrogens with zero attached hydrogens (tertiary/aromatic N) is 1. The Labute approximate surface area is 124 Å². The van der Waals surface area contributed by atoms with Crippen LogP contribution in [0.5, 0.6) is 0 Å². The van der Waals surface area contributed by atoms with Crippen LogP contribution >= 0.6 is 0 Å². The Morgan fingerprint density at radius 3 is 2.52 bits per heavy atom. The smallest absolute Gasteiger partial charge is 0.224 e. The molecule has 0 aliphatic heterocycles. The topological polar surface area (TPSA) is 87.7 Å². The highest BCUT2D eigenvalue weighted by Crippen LogP contribution is 2.29. The molecular formula is C16H21N3O2. The molecule has 4 N–H and O–H groups in total. The van der Waals surface area contributed by atoms with Gasteiger partial charge in [0.05, 0.1) is 0 Å². The lowest BCUT2D eigenvalue weighted by molar-refractivity contribution is -0.125. The number of nitrogens with one attached hydrogen (secondary N) is 1. The molecule has 21 heavy (non-hydrogen) atoms. The molecule has 112 valence electrons. The van der Waals surface area contributed by atoms with Gasteiger partial charge < -0.3 is 16.3 Å². The number of amides is 1. The number of amidine groups is 1. The minimum Gasteiger partial charge on any atom is -0.409 e. The molecule has 3 rings (SSSR count). The number of fused-ring (bicyclic) bond motifs is 1. The lowest BCUT2D eigenvalue weighted by atomic mass is 10.00. The Balaban J connectivity index is 1.63. The maximum Gasteiger partial charge on any atom is 0.224 e. The number of carbonyl (C=O) groups is 1. The van der Waals surface area contributed by atoms with Gasteiger partial charge in [-0.3, -0.25) is 4.79 Å². The van der Waals surface area contributed by atoms with Crippen molar-refractivity contribution in [3.8, 4) is 0 Å². The lowest BCUT2D eigenvalue weighted by Gasteiger charge is -2.21. The molecule has 2 aliphatic carbocycles. The number of benzene rings is 1. The van der Waals surface area contributed by atoms with Gasteiger partial charge in [0.2, 0.25) is 5.91 Å². The fraction of sp³-hybridized carbons (Fsp3) is 0.500. The Morgan fingerprint density at radius 2 is 1.90 bits per heavy atom. The molecule has 2 aliphatic rings. The van der Waals surface area contributed by atoms with Gasteiger partial charge in [0, 0.05) is 17.9 Å². The largest absolute Gasteiger partial charge is 0.409 e. The zero-order chi connectivity index (χ0) is 14.8. The second kappa shape index (κ2) is 5.76. The number of nitrogens with two attached hydrogens (primary N) is 1. The first kappa shape index (κ1) is 13.9. The summed E-state index contributed by atoms with van der Waals surface area (Å²) < 4.78 is 0. The minimum atomic E-state index is -0.0391. The van der Waals surface area contributed by atoms with Gasteiger partial charge >= 0.3 is 0 Å². The highest BCUT2D eigenvalue weighted by Gasteiger charge is 2.34. The fourth-order valence-electron chi connectivity index (χ4n) is 3.61. The van der Waals surface area contributed by atoms with Gasteiger partial charge in [-0.15, -0.1) is 0 Å². The van der Waals surface area contributed by atoms with E-state index in [0.29, 0.717) is 0 Å². The van der Waals surface area contributed by atoms with Crippen molar-refractivity contribution in [3.63, 3.8) is 0 Å². The lowest BCUT2D eigenvalue weighted by Crippen LogP contribution is -2.44. The van der Waals surface area contributed by atoms with Gasteiger partial charge in [0.1, 0.15) is 5.84 Å². The molecule has 1 aromatic rings. The molecule has 0 saturated heterocycles. The highest BCUT2D eigenvalue weighted by atomic mass is 16.4. The Kier molecular flexibility index (Phi) is 3.82. The standard InChI is InChI=1S/C16H21N3O2/c17-15(19-21)13-6-3-7-14(13)18-16(20)12-8-10-4-1-2-5-11(10)9-12/h1-2,4-5,12-14,21H,3,6-9H2,(H2,17,19)(H,18,20). The molecule has 2 unspecified atom stereocenters. The van der Waals surface area contributed by atoms with Crippen LogP contribution in [0.15, 0.2) is 29.4 Å². The summed E-state index contributed by atoms with van der Waals surface area (Å²) in [6.07, 6.45) is 4.38. The maximum absolute atomic E-state index is 12.5. The molecule has 0 aromatic heterocycles. The SMILES string of the molecule is N/C(=N/O)C1CCCC1NC(=O)C1Cc2ccccc2C1. The summed E-state index contributed by atoms with van der Waals surface area (Å²) in [7, 11) is 0. The van der Waals surface area contributed by atoms with Crippen molar-refractivity contribution >= 4 is 11.7 Å². The first-order valence-electron chi connectivity index (χ1n) is 7.53. The van der Waals surface area contributed by atoms with Crippen LogP contribution in [0.2, 0.25) is 0 Å². The Bertz CT molecular complexity index is 545. The van der Waals surface area contributed by atoms with Crippen LogP contribution in [0, 0.1) is 11.8 Å². The summed E-state index contributed by atoms with van der Waals surface area (Å²) in [5.74, 6) is 0.292. The van der Waals surface area contributed by atoms with E-state index < -0.39 is 0 Å². The van der Waals surface area contributed by atoms with Gasteiger partial charge in [-0.25, -0.2) is 0 Å². The van der Waals surface area contributed by atoms with Crippen molar-refractivity contribution in [3.05, 3.63) is 35.4 Å². The van der Waals surface area contributed by atoms with Crippen molar-refractivity contribution in [2.24, 2.45) is 22.7 Å². The summed E-state index contributed by atoms with van der Waals surface area (Å²) in [5.41, 5.74) is 8.27. The molecule has 1 fully saturated rings. The third-order valence-corrected chi connectivity index (χ3v) is 4.76. The van der Waals surface area contributed by atoms with E-state index in [1.165, 1.54) is 11.1 Å². The van der Waals surface area contributed by atoms with Crippen LogP contribution in [0.3, 0.4) is 0 Å². The molecule has 0 radical (unpaired) electrons. The van der Waals surface area contributed by atoms with E-state index >= 15 is 0 Å². The normalized spacial score (nSPS) is 25.8. The van der Waals surface area contributed by atoms with Gasteiger partial charge in [-0.2, -0.15) is 0 Å². The van der Waals surface area contributed by atoms with Gasteiger partial charge in [-0.1, -0.05) is 35.8 Å². The predicted molar refractivity (Wildman–Crippen MR) is 80.0 cm³/mol. The molecule has 1 saturated carbocycles. The van der Waals surface area contributed by atoms with E-state index in [0.717, 1.165) is 32.1 Å². The first-order chi connectivity index (χ1) is 10.2. The van der Waals surface area contributed by atoms with Crippen LogP contribution in [-0.2, 0) is 17.6 Å². The molecule has 0 bridgehead atoms. The molecule has 5 heteroatoms. The number of carbonyl (C=O) groups excluding carboxylic acids is 1. The summed E-state index contributed by atoms with van der Waals surface area (Å²) >= 11 is 0. The van der Waals surface area contributed by atoms with Crippen LogP contribution < -0.4 is 11.1 Å². The van der Waals surface area contributed by atoms with E-state index in [9.17, 15) is 4.79 Å². The third kappa shape index (κ3) is 2.73. The second-order valence-electron chi connectivity index (χ2n) is 6.05. The monoisotopic (exact) mass is 287 g/mol. The molecule has 1 amide bonds. The number of rotatable bonds is 3. The molecule has 0 spiro atoms. The summed E-state index contributed by atoms with van der Waals surface area (Å²) in [5, 5.41) is 15.0. The average Bonchev–Trinajstić information content (AvgIpc) is 3.12. The molecular weight excluding hydrogens is 266 g/mol. The van der Waals surface area contributed by atoms with Crippen molar-refractivity contribution in [1.82, 2.24) is 5.32 Å². The zero-order valence-corrected chi connectivity index (χ0v) is 12.0. The van der Waals surface area contributed by atoms with Crippen LogP contribution in [0.1, 0.15) is 30.4 Å². The number of hydrogen-bond acceptors (Lipinski definition) is 3. The van der Waals surface area contributed by atoms with E-state index in [2.05, 4.69) is 22.6 Å². The van der Waals surface area contributed by atoms with E-state index in [1.54, 1.807) is 0 Å². The fourth-order valence-corrected chi connectivity index (χ4v) is 3.61. The molecule has 2 atom stereocenters. The summed E-state index contributed by atoms with van der Waals surface area (Å²) in [6, 6.07) is 8.22. The minimum absolute atomic E-state index is 0.00267. The van der Waals surface area contributed by atoms with Crippen molar-refractivity contribution in [2.75, 3.05) is 0 Å². The third-order valence-electron chi connectivity index (χ3n) is 4.76. The predicted octanol–water partition coefficient (Wildman–Crippen LogP) is 1.43. The zero-order valence-electron chi connectivity index (χ0n) is 12.0. The maximum atomic E-state index is 12.5. The Morgan fingerprint density at radius 1 is 1.24 bits per heavy atom. The quantitative estimate of drug-likeness (QED) is 0.340. The van der Waals surface area contributed by atoms with Crippen LogP contribution in [0.25, 0.3) is 0 Å². The first-order valence-corrected chi connectivity index (χ1v) is 7.53.